The molecule has 0 aliphatic rings. The molecular formula is C11H14N4O6. The molecule has 1 atom stereocenters. The topological polar surface area (TPSA) is 162 Å². The smallest absolute Gasteiger partial charge is 0.320 e. The second kappa shape index (κ2) is 7.14. The van der Waals surface area contributed by atoms with E-state index in [4.69, 9.17) is 10.8 Å². The summed E-state index contributed by atoms with van der Waals surface area (Å²) in [4.78, 5) is 30.8. The molecule has 10 heteroatoms. The zero-order chi connectivity index (χ0) is 16.0. The third kappa shape index (κ3) is 4.38. The molecule has 0 spiro atoms. The van der Waals surface area contributed by atoms with Crippen LogP contribution in [0.25, 0.3) is 0 Å². The van der Waals surface area contributed by atoms with Gasteiger partial charge in [0, 0.05) is 18.7 Å². The number of nitro groups is 2. The van der Waals surface area contributed by atoms with E-state index in [2.05, 4.69) is 5.32 Å². The predicted molar refractivity (Wildman–Crippen MR) is 73.1 cm³/mol. The number of hydrogen-bond acceptors (Lipinski definition) is 7. The van der Waals surface area contributed by atoms with Crippen molar-refractivity contribution in [3.05, 3.63) is 38.4 Å². The second-order valence-electron chi connectivity index (χ2n) is 4.20. The molecule has 10 nitrogen and oxygen atoms in total. The van der Waals surface area contributed by atoms with Crippen LogP contribution in [0.4, 0.5) is 17.1 Å². The van der Waals surface area contributed by atoms with E-state index >= 15 is 0 Å². The molecule has 0 fully saturated rings. The number of anilines is 1. The lowest BCUT2D eigenvalue weighted by Gasteiger charge is -2.09. The number of aliphatic carboxylic acids is 1. The van der Waals surface area contributed by atoms with Crippen molar-refractivity contribution in [2.24, 2.45) is 5.73 Å². The minimum atomic E-state index is -1.15. The Morgan fingerprint density at radius 3 is 2.24 bits per heavy atom. The summed E-state index contributed by atoms with van der Waals surface area (Å²) in [6.07, 6.45) is 0.452. The Morgan fingerprint density at radius 1 is 1.29 bits per heavy atom. The molecule has 4 N–H and O–H groups in total. The highest BCUT2D eigenvalue weighted by molar-refractivity contribution is 5.74. The first kappa shape index (κ1) is 16.3. The largest absolute Gasteiger partial charge is 0.480 e. The molecule has 0 aromatic heterocycles. The molecule has 114 valence electrons. The van der Waals surface area contributed by atoms with Crippen molar-refractivity contribution in [2.75, 3.05) is 11.9 Å². The van der Waals surface area contributed by atoms with E-state index in [9.17, 15) is 25.0 Å². The average Bonchev–Trinajstić information content (AvgIpc) is 2.42. The van der Waals surface area contributed by atoms with Crippen LogP contribution in [0.2, 0.25) is 0 Å². The van der Waals surface area contributed by atoms with E-state index in [-0.39, 0.29) is 18.7 Å². The van der Waals surface area contributed by atoms with Crippen LogP contribution in [0.3, 0.4) is 0 Å². The van der Waals surface area contributed by atoms with E-state index in [1.165, 1.54) is 6.07 Å². The summed E-state index contributed by atoms with van der Waals surface area (Å²) in [6.45, 7) is 0.132. The summed E-state index contributed by atoms with van der Waals surface area (Å²) >= 11 is 0. The summed E-state index contributed by atoms with van der Waals surface area (Å²) in [7, 11) is 0. The van der Waals surface area contributed by atoms with Crippen LogP contribution in [0, 0.1) is 20.2 Å². The van der Waals surface area contributed by atoms with Gasteiger partial charge >= 0.3 is 5.97 Å². The van der Waals surface area contributed by atoms with Crippen molar-refractivity contribution in [2.45, 2.75) is 18.9 Å². The normalized spacial score (nSPS) is 11.7. The molecule has 0 aliphatic heterocycles. The van der Waals surface area contributed by atoms with Gasteiger partial charge in [0.15, 0.2) is 5.69 Å². The van der Waals surface area contributed by atoms with Gasteiger partial charge in [0.05, 0.1) is 9.85 Å². The average molecular weight is 298 g/mol. The minimum Gasteiger partial charge on any atom is -0.480 e. The van der Waals surface area contributed by atoms with Gasteiger partial charge in [0.2, 0.25) is 0 Å². The molecule has 0 aliphatic carbocycles. The Kier molecular flexibility index (Phi) is 5.55. The fourth-order valence-corrected chi connectivity index (χ4v) is 1.67. The molecule has 0 radical (unpaired) electrons. The number of nitrogens with zero attached hydrogens (tertiary/aromatic N) is 2. The van der Waals surface area contributed by atoms with Gasteiger partial charge in [-0.3, -0.25) is 25.0 Å². The van der Waals surface area contributed by atoms with E-state index in [1.54, 1.807) is 0 Å². The number of nitrogens with one attached hydrogen (secondary N) is 1. The fourth-order valence-electron chi connectivity index (χ4n) is 1.67. The molecule has 1 aromatic rings. The van der Waals surface area contributed by atoms with Gasteiger partial charge in [0.25, 0.3) is 11.4 Å². The lowest BCUT2D eigenvalue weighted by molar-refractivity contribution is -0.392. The summed E-state index contributed by atoms with van der Waals surface area (Å²) in [5, 5.41) is 33.0. The zero-order valence-electron chi connectivity index (χ0n) is 10.9. The van der Waals surface area contributed by atoms with Crippen LogP contribution in [0.5, 0.6) is 0 Å². The number of carbonyl (C=O) groups is 1. The first-order valence-corrected chi connectivity index (χ1v) is 5.98. The van der Waals surface area contributed by atoms with Crippen LogP contribution >= 0.6 is 0 Å². The Morgan fingerprint density at radius 2 is 1.81 bits per heavy atom. The standard InChI is InChI=1S/C11H14N4O6/c12-7(11(16)17)3-2-6-13-10-8(14(18)19)4-1-5-9(10)15(20)21/h1,4-5,7,13H,2-3,6,12H2,(H,16,17)/t7-/m0/s1. The van der Waals surface area contributed by atoms with Crippen molar-refractivity contribution >= 4 is 23.0 Å². The maximum Gasteiger partial charge on any atom is 0.320 e. The Balaban J connectivity index is 2.79. The maximum absolute atomic E-state index is 10.9. The molecule has 0 unspecified atom stereocenters. The highest BCUT2D eigenvalue weighted by Crippen LogP contribution is 2.33. The number of benzene rings is 1. The van der Waals surface area contributed by atoms with Crippen LogP contribution < -0.4 is 11.1 Å². The van der Waals surface area contributed by atoms with Crippen molar-refractivity contribution in [3.8, 4) is 0 Å². The van der Waals surface area contributed by atoms with E-state index in [0.29, 0.717) is 6.42 Å². The Bertz CT molecular complexity index is 529. The van der Waals surface area contributed by atoms with Crippen molar-refractivity contribution < 1.29 is 19.7 Å². The van der Waals surface area contributed by atoms with Gasteiger partial charge in [-0.1, -0.05) is 0 Å². The quantitative estimate of drug-likeness (QED) is 0.365. The fraction of sp³-hybridized carbons (Fsp3) is 0.364. The molecular weight excluding hydrogens is 284 g/mol. The first-order valence-electron chi connectivity index (χ1n) is 5.98. The predicted octanol–water partition coefficient (Wildman–Crippen LogP) is 1.11. The molecule has 0 saturated carbocycles. The monoisotopic (exact) mass is 298 g/mol. The molecule has 1 rings (SSSR count). The first-order chi connectivity index (χ1) is 9.84. The van der Waals surface area contributed by atoms with Crippen molar-refractivity contribution in [1.82, 2.24) is 0 Å². The molecule has 21 heavy (non-hydrogen) atoms. The van der Waals surface area contributed by atoms with Crippen LogP contribution in [-0.2, 0) is 4.79 Å². The number of rotatable bonds is 8. The third-order valence-corrected chi connectivity index (χ3v) is 2.72. The van der Waals surface area contributed by atoms with Gasteiger partial charge in [-0.2, -0.15) is 0 Å². The van der Waals surface area contributed by atoms with Crippen LogP contribution in [0.1, 0.15) is 12.8 Å². The summed E-state index contributed by atoms with van der Waals surface area (Å²) in [5.74, 6) is -1.15. The summed E-state index contributed by atoms with van der Waals surface area (Å²) in [6, 6.07) is 2.49. The van der Waals surface area contributed by atoms with E-state index < -0.39 is 33.2 Å². The molecule has 0 heterocycles. The SMILES string of the molecule is N[C@@H](CCCNc1c([N+](=O)[O-])cccc1[N+](=O)[O-])C(=O)O. The van der Waals surface area contributed by atoms with Gasteiger partial charge < -0.3 is 16.2 Å². The number of carboxylic acids is 1. The minimum absolute atomic E-state index is 0.132. The lowest BCUT2D eigenvalue weighted by Crippen LogP contribution is -2.30. The summed E-state index contributed by atoms with van der Waals surface area (Å²) < 4.78 is 0. The van der Waals surface area contributed by atoms with Gasteiger partial charge in [-0.05, 0) is 18.9 Å². The van der Waals surface area contributed by atoms with Crippen LogP contribution in [-0.4, -0.2) is 33.5 Å². The van der Waals surface area contributed by atoms with E-state index in [0.717, 1.165) is 12.1 Å². The van der Waals surface area contributed by atoms with Crippen LogP contribution in [0.15, 0.2) is 18.2 Å². The number of carboxylic acid groups (broad SMARTS) is 1. The van der Waals surface area contributed by atoms with Crippen molar-refractivity contribution in [1.29, 1.82) is 0 Å². The summed E-state index contributed by atoms with van der Waals surface area (Å²) in [5.41, 5.74) is 4.29. The Labute approximate surface area is 118 Å². The number of nitrogens with two attached hydrogens (primary N) is 1. The Hall–Kier alpha value is -2.75. The lowest BCUT2D eigenvalue weighted by atomic mass is 10.1. The molecule has 0 amide bonds. The maximum atomic E-state index is 10.9. The van der Waals surface area contributed by atoms with E-state index in [1.807, 2.05) is 0 Å². The highest BCUT2D eigenvalue weighted by Gasteiger charge is 2.24. The zero-order valence-corrected chi connectivity index (χ0v) is 10.9. The number of hydrogen-bond donors (Lipinski definition) is 3. The van der Waals surface area contributed by atoms with Gasteiger partial charge in [0.1, 0.15) is 6.04 Å². The molecule has 0 bridgehead atoms. The van der Waals surface area contributed by atoms with Gasteiger partial charge in [-0.15, -0.1) is 0 Å². The third-order valence-electron chi connectivity index (χ3n) is 2.72. The van der Waals surface area contributed by atoms with Crippen molar-refractivity contribution in [3.63, 3.8) is 0 Å². The number of nitro benzene ring substituents is 2. The molecule has 1 aromatic carbocycles. The second-order valence-corrected chi connectivity index (χ2v) is 4.20. The van der Waals surface area contributed by atoms with Gasteiger partial charge in [-0.25, -0.2) is 0 Å². The highest BCUT2D eigenvalue weighted by atomic mass is 16.6. The molecule has 0 saturated heterocycles. The number of para-hydroxylation sites is 1.